The number of nitrogens with one attached hydrogen (secondary N) is 2. The van der Waals surface area contributed by atoms with Gasteiger partial charge in [0.1, 0.15) is 5.56 Å². The molecule has 1 aromatic heterocycles. The number of aryl methyl sites for hydroxylation is 1. The van der Waals surface area contributed by atoms with Gasteiger partial charge in [-0.1, -0.05) is 0 Å². The number of carbonyl (C=O) groups is 1. The van der Waals surface area contributed by atoms with Crippen LogP contribution < -0.4 is 10.7 Å². The van der Waals surface area contributed by atoms with Crippen LogP contribution in [0.15, 0.2) is 17.1 Å². The Hall–Kier alpha value is -1.62. The molecule has 1 aliphatic heterocycles. The Morgan fingerprint density at radius 1 is 1.55 bits per heavy atom. The molecule has 1 saturated heterocycles. The van der Waals surface area contributed by atoms with E-state index in [4.69, 9.17) is 0 Å². The third-order valence-corrected chi connectivity index (χ3v) is 3.90. The van der Waals surface area contributed by atoms with Gasteiger partial charge < -0.3 is 15.2 Å². The number of rotatable bonds is 4. The standard InChI is InChI=1S/C15H23N3O2/c1-10(2)18-5-4-12(9-18)7-17-15(20)13-8-16-11(3)6-14(13)19/h6,8,10,12H,4-5,7,9H2,1-3H3,(H,16,19)(H,17,20). The smallest absolute Gasteiger partial charge is 0.256 e. The number of H-pyrrole nitrogens is 1. The van der Waals surface area contributed by atoms with E-state index in [0.29, 0.717) is 18.5 Å². The average Bonchev–Trinajstić information content (AvgIpc) is 2.85. The van der Waals surface area contributed by atoms with Crippen molar-refractivity contribution in [3.63, 3.8) is 0 Å². The summed E-state index contributed by atoms with van der Waals surface area (Å²) in [5.74, 6) is 0.195. The first kappa shape index (κ1) is 14.8. The van der Waals surface area contributed by atoms with E-state index in [2.05, 4.69) is 29.0 Å². The van der Waals surface area contributed by atoms with Gasteiger partial charge >= 0.3 is 0 Å². The lowest BCUT2D eigenvalue weighted by atomic mass is 10.1. The van der Waals surface area contributed by atoms with Gasteiger partial charge in [0.05, 0.1) is 0 Å². The van der Waals surface area contributed by atoms with Crippen LogP contribution in [0.5, 0.6) is 0 Å². The summed E-state index contributed by atoms with van der Waals surface area (Å²) in [7, 11) is 0. The second kappa shape index (κ2) is 6.22. The zero-order valence-electron chi connectivity index (χ0n) is 12.4. The highest BCUT2D eigenvalue weighted by Gasteiger charge is 2.24. The van der Waals surface area contributed by atoms with Gasteiger partial charge in [-0.2, -0.15) is 0 Å². The quantitative estimate of drug-likeness (QED) is 0.867. The van der Waals surface area contributed by atoms with Gasteiger partial charge in [-0.15, -0.1) is 0 Å². The molecule has 0 radical (unpaired) electrons. The van der Waals surface area contributed by atoms with Crippen LogP contribution in [0, 0.1) is 12.8 Å². The molecule has 1 unspecified atom stereocenters. The van der Waals surface area contributed by atoms with Crippen molar-refractivity contribution in [3.05, 3.63) is 33.7 Å². The molecule has 2 N–H and O–H groups in total. The van der Waals surface area contributed by atoms with E-state index in [-0.39, 0.29) is 16.9 Å². The molecule has 1 atom stereocenters. The van der Waals surface area contributed by atoms with Crippen LogP contribution in [0.3, 0.4) is 0 Å². The molecule has 0 bridgehead atoms. The van der Waals surface area contributed by atoms with Crippen molar-refractivity contribution < 1.29 is 4.79 Å². The Bertz CT molecular complexity index is 536. The number of aromatic amines is 1. The third-order valence-electron chi connectivity index (χ3n) is 3.90. The first-order chi connectivity index (χ1) is 9.47. The summed E-state index contributed by atoms with van der Waals surface area (Å²) < 4.78 is 0. The fourth-order valence-corrected chi connectivity index (χ4v) is 2.58. The Morgan fingerprint density at radius 2 is 2.30 bits per heavy atom. The fourth-order valence-electron chi connectivity index (χ4n) is 2.58. The van der Waals surface area contributed by atoms with Crippen molar-refractivity contribution in [1.82, 2.24) is 15.2 Å². The van der Waals surface area contributed by atoms with Crippen molar-refractivity contribution in [2.24, 2.45) is 5.92 Å². The predicted molar refractivity (Wildman–Crippen MR) is 78.9 cm³/mol. The first-order valence-electron chi connectivity index (χ1n) is 7.19. The molecule has 1 aromatic rings. The van der Waals surface area contributed by atoms with Crippen molar-refractivity contribution in [1.29, 1.82) is 0 Å². The van der Waals surface area contributed by atoms with Gasteiger partial charge in [0.2, 0.25) is 0 Å². The summed E-state index contributed by atoms with van der Waals surface area (Å²) in [6, 6.07) is 2.00. The molecule has 1 aliphatic rings. The van der Waals surface area contributed by atoms with Crippen LogP contribution in [0.2, 0.25) is 0 Å². The summed E-state index contributed by atoms with van der Waals surface area (Å²) in [4.78, 5) is 29.0. The lowest BCUT2D eigenvalue weighted by Crippen LogP contribution is -2.34. The van der Waals surface area contributed by atoms with Crippen LogP contribution in [-0.2, 0) is 0 Å². The monoisotopic (exact) mass is 277 g/mol. The summed E-state index contributed by atoms with van der Waals surface area (Å²) >= 11 is 0. The van der Waals surface area contributed by atoms with Gasteiger partial charge in [0.15, 0.2) is 5.43 Å². The van der Waals surface area contributed by atoms with Crippen LogP contribution in [0.4, 0.5) is 0 Å². The van der Waals surface area contributed by atoms with Gasteiger partial charge in [0, 0.05) is 37.1 Å². The van der Waals surface area contributed by atoms with E-state index in [1.165, 1.54) is 12.3 Å². The second-order valence-electron chi connectivity index (χ2n) is 5.85. The molecular weight excluding hydrogens is 254 g/mol. The average molecular weight is 277 g/mol. The van der Waals surface area contributed by atoms with E-state index in [9.17, 15) is 9.59 Å². The van der Waals surface area contributed by atoms with Gasteiger partial charge in [-0.3, -0.25) is 9.59 Å². The molecule has 0 aliphatic carbocycles. The largest absolute Gasteiger partial charge is 0.364 e. The lowest BCUT2D eigenvalue weighted by molar-refractivity contribution is 0.0945. The SMILES string of the molecule is Cc1cc(=O)c(C(=O)NCC2CCN(C(C)C)C2)c[nH]1. The lowest BCUT2D eigenvalue weighted by Gasteiger charge is -2.20. The van der Waals surface area contributed by atoms with Crippen molar-refractivity contribution in [2.45, 2.75) is 33.2 Å². The van der Waals surface area contributed by atoms with E-state index < -0.39 is 0 Å². The fraction of sp³-hybridized carbons (Fsp3) is 0.600. The minimum Gasteiger partial charge on any atom is -0.364 e. The molecule has 20 heavy (non-hydrogen) atoms. The van der Waals surface area contributed by atoms with Crippen molar-refractivity contribution in [2.75, 3.05) is 19.6 Å². The normalized spacial score (nSPS) is 19.5. The number of hydrogen-bond donors (Lipinski definition) is 2. The molecule has 1 fully saturated rings. The molecule has 2 rings (SSSR count). The topological polar surface area (TPSA) is 65.2 Å². The summed E-state index contributed by atoms with van der Waals surface area (Å²) in [5.41, 5.74) is 0.721. The highest BCUT2D eigenvalue weighted by atomic mass is 16.2. The summed E-state index contributed by atoms with van der Waals surface area (Å²) in [6.07, 6.45) is 2.59. The van der Waals surface area contributed by atoms with Crippen LogP contribution in [0.1, 0.15) is 36.3 Å². The van der Waals surface area contributed by atoms with Gasteiger partial charge in [-0.25, -0.2) is 0 Å². The van der Waals surface area contributed by atoms with E-state index in [1.807, 2.05) is 0 Å². The van der Waals surface area contributed by atoms with Crippen molar-refractivity contribution >= 4 is 5.91 Å². The predicted octanol–water partition coefficient (Wildman–Crippen LogP) is 1.14. The molecule has 5 nitrogen and oxygen atoms in total. The minimum absolute atomic E-state index is 0.189. The number of likely N-dealkylation sites (tertiary alicyclic amines) is 1. The zero-order valence-corrected chi connectivity index (χ0v) is 12.4. The van der Waals surface area contributed by atoms with Gasteiger partial charge in [0.25, 0.3) is 5.91 Å². The molecule has 0 aromatic carbocycles. The Balaban J connectivity index is 1.88. The molecule has 110 valence electrons. The van der Waals surface area contributed by atoms with Crippen molar-refractivity contribution in [3.8, 4) is 0 Å². The summed E-state index contributed by atoms with van der Waals surface area (Å²) in [5, 5.41) is 2.88. The Morgan fingerprint density at radius 3 is 2.90 bits per heavy atom. The number of amides is 1. The molecule has 0 saturated carbocycles. The molecule has 0 spiro atoms. The van der Waals surface area contributed by atoms with E-state index in [1.54, 1.807) is 6.92 Å². The van der Waals surface area contributed by atoms with E-state index >= 15 is 0 Å². The van der Waals surface area contributed by atoms with Gasteiger partial charge in [-0.05, 0) is 39.7 Å². The van der Waals surface area contributed by atoms with E-state index in [0.717, 1.165) is 25.2 Å². The first-order valence-corrected chi connectivity index (χ1v) is 7.19. The Labute approximate surface area is 119 Å². The summed E-state index contributed by atoms with van der Waals surface area (Å²) in [6.45, 7) is 8.91. The second-order valence-corrected chi connectivity index (χ2v) is 5.85. The number of nitrogens with zero attached hydrogens (tertiary/aromatic N) is 1. The van der Waals surface area contributed by atoms with Crippen LogP contribution in [-0.4, -0.2) is 41.5 Å². The molecule has 5 heteroatoms. The minimum atomic E-state index is -0.283. The maximum atomic E-state index is 12.0. The van der Waals surface area contributed by atoms with Crippen LogP contribution >= 0.6 is 0 Å². The third kappa shape index (κ3) is 3.48. The maximum Gasteiger partial charge on any atom is 0.256 e. The zero-order chi connectivity index (χ0) is 14.7. The number of carbonyl (C=O) groups excluding carboxylic acids is 1. The Kier molecular flexibility index (Phi) is 4.60. The molecule has 1 amide bonds. The molecular formula is C15H23N3O2. The number of aromatic nitrogens is 1. The number of pyridine rings is 1. The highest BCUT2D eigenvalue weighted by molar-refractivity contribution is 5.93. The maximum absolute atomic E-state index is 12.0. The highest BCUT2D eigenvalue weighted by Crippen LogP contribution is 2.17. The van der Waals surface area contributed by atoms with Crippen LogP contribution in [0.25, 0.3) is 0 Å². The number of hydrogen-bond acceptors (Lipinski definition) is 3. The molecule has 2 heterocycles.